The van der Waals surface area contributed by atoms with E-state index in [0.717, 1.165) is 5.56 Å². The lowest BCUT2D eigenvalue weighted by molar-refractivity contribution is -0.159. The number of aliphatic hydroxyl groups is 1. The molecule has 3 aliphatic rings. The van der Waals surface area contributed by atoms with Crippen molar-refractivity contribution in [2.75, 3.05) is 24.6 Å². The van der Waals surface area contributed by atoms with E-state index < -0.39 is 66.1 Å². The third kappa shape index (κ3) is 6.96. The fourth-order valence-electron chi connectivity index (χ4n) is 7.26. The van der Waals surface area contributed by atoms with Crippen LogP contribution < -0.4 is 10.2 Å². The van der Waals surface area contributed by atoms with Crippen molar-refractivity contribution in [1.82, 2.24) is 10.2 Å². The largest absolute Gasteiger partial charge is 0.460 e. The van der Waals surface area contributed by atoms with E-state index in [0.29, 0.717) is 17.1 Å². The van der Waals surface area contributed by atoms with Crippen molar-refractivity contribution >= 4 is 56.9 Å². The molecule has 0 radical (unpaired) electrons. The fourth-order valence-corrected chi connectivity index (χ4v) is 8.33. The number of likely N-dealkylation sites (tertiary alicyclic amines) is 1. The lowest BCUT2D eigenvalue weighted by atomic mass is 9.70. The van der Waals surface area contributed by atoms with E-state index in [-0.39, 0.29) is 43.1 Å². The molecular formula is C36H41BrClN3O7. The van der Waals surface area contributed by atoms with Crippen LogP contribution in [0.1, 0.15) is 31.7 Å². The number of hydrogen-bond donors (Lipinski definition) is 2. The number of halogens is 2. The second-order valence-electron chi connectivity index (χ2n) is 12.5. The van der Waals surface area contributed by atoms with Gasteiger partial charge in [0.25, 0.3) is 5.91 Å². The highest BCUT2D eigenvalue weighted by Crippen LogP contribution is 2.61. The summed E-state index contributed by atoms with van der Waals surface area (Å²) in [6, 6.07) is 14.2. The zero-order valence-corrected chi connectivity index (χ0v) is 29.1. The Labute approximate surface area is 294 Å². The van der Waals surface area contributed by atoms with E-state index in [1.54, 1.807) is 43.3 Å². The van der Waals surface area contributed by atoms with Crippen LogP contribution in [0.25, 0.3) is 0 Å². The van der Waals surface area contributed by atoms with Crippen LogP contribution in [0.2, 0.25) is 5.02 Å². The van der Waals surface area contributed by atoms with Gasteiger partial charge in [-0.2, -0.15) is 0 Å². The number of aliphatic hydroxyl groups excluding tert-OH is 1. The van der Waals surface area contributed by atoms with Crippen molar-refractivity contribution in [2.45, 2.75) is 67.3 Å². The smallest absolute Gasteiger partial charge is 0.312 e. The first-order valence-electron chi connectivity index (χ1n) is 16.1. The molecule has 3 aliphatic heterocycles. The Morgan fingerprint density at radius 1 is 1.19 bits per heavy atom. The lowest BCUT2D eigenvalue weighted by Crippen LogP contribution is -2.59. The second-order valence-corrected chi connectivity index (χ2v) is 14.1. The SMILES string of the molecule is C=CCCC(=O)NC[C@H](C)OC(=O)[C@H]1[C@@H]2O[C@@]3(CC2Br)[C@@H]1C(=O)N([C@@H](CO)Cc1ccccc1)[C@@H]3C(=O)N(CC=C)c1ccc(Cl)cc1. The van der Waals surface area contributed by atoms with Gasteiger partial charge in [-0.3, -0.25) is 19.2 Å². The fraction of sp³-hybridized carbons (Fsp3) is 0.444. The van der Waals surface area contributed by atoms with Crippen LogP contribution in [0.15, 0.2) is 79.9 Å². The molecule has 3 amide bonds. The molecule has 2 N–H and O–H groups in total. The zero-order chi connectivity index (χ0) is 34.6. The number of carbonyl (C=O) groups excluding carboxylic acids is 4. The third-order valence-electron chi connectivity index (χ3n) is 9.35. The Hall–Kier alpha value is -3.51. The number of benzene rings is 2. The molecule has 0 aliphatic carbocycles. The number of amides is 3. The molecule has 0 aromatic heterocycles. The van der Waals surface area contributed by atoms with Gasteiger partial charge >= 0.3 is 5.97 Å². The predicted molar refractivity (Wildman–Crippen MR) is 186 cm³/mol. The molecule has 10 nitrogen and oxygen atoms in total. The first kappa shape index (κ1) is 35.8. The summed E-state index contributed by atoms with van der Waals surface area (Å²) in [6.45, 7) is 8.94. The van der Waals surface area contributed by atoms with Gasteiger partial charge < -0.3 is 29.7 Å². The average molecular weight is 743 g/mol. The molecule has 3 heterocycles. The number of allylic oxidation sites excluding steroid dienone is 1. The van der Waals surface area contributed by atoms with Crippen molar-refractivity contribution in [1.29, 1.82) is 0 Å². The van der Waals surface area contributed by atoms with Crippen molar-refractivity contribution in [3.63, 3.8) is 0 Å². The number of carbonyl (C=O) groups is 4. The molecule has 8 atom stereocenters. The average Bonchev–Trinajstić information content (AvgIpc) is 3.68. The van der Waals surface area contributed by atoms with E-state index in [4.69, 9.17) is 21.1 Å². The molecule has 48 heavy (non-hydrogen) atoms. The van der Waals surface area contributed by atoms with E-state index in [1.165, 1.54) is 9.80 Å². The summed E-state index contributed by atoms with van der Waals surface area (Å²) < 4.78 is 12.5. The van der Waals surface area contributed by atoms with Crippen molar-refractivity contribution < 1.29 is 33.8 Å². The standard InChI is InChI=1S/C36H41BrClN3O7/c1-4-6-12-28(43)39-20-22(3)47-35(46)29-30-33(44)41(26(21-42)18-23-10-8-7-9-11-23)32(36(30)19-27(37)31(29)48-36)34(45)40(17-5-2)25-15-13-24(38)14-16-25/h4-5,7-11,13-16,22,26-27,29-32,42H,1-2,6,12,17-21H2,3H3,(H,39,43)/t22-,26+,27?,29+,30-,31+,32+,36-/m0/s1. The minimum Gasteiger partial charge on any atom is -0.460 e. The molecule has 3 saturated heterocycles. The van der Waals surface area contributed by atoms with Gasteiger partial charge in [0, 0.05) is 28.5 Å². The van der Waals surface area contributed by atoms with Gasteiger partial charge in [0.1, 0.15) is 17.7 Å². The summed E-state index contributed by atoms with van der Waals surface area (Å²) in [5.41, 5.74) is 0.0340. The summed E-state index contributed by atoms with van der Waals surface area (Å²) in [7, 11) is 0. The van der Waals surface area contributed by atoms with Gasteiger partial charge in [0.05, 0.1) is 37.1 Å². The number of nitrogens with zero attached hydrogens (tertiary/aromatic N) is 2. The predicted octanol–water partition coefficient (Wildman–Crippen LogP) is 4.22. The number of hydrogen-bond acceptors (Lipinski definition) is 7. The zero-order valence-electron chi connectivity index (χ0n) is 26.8. The Balaban J connectivity index is 1.51. The van der Waals surface area contributed by atoms with E-state index in [2.05, 4.69) is 34.4 Å². The van der Waals surface area contributed by atoms with Crippen LogP contribution in [0, 0.1) is 11.8 Å². The molecule has 2 aromatic rings. The van der Waals surface area contributed by atoms with Gasteiger partial charge in [0.2, 0.25) is 11.8 Å². The van der Waals surface area contributed by atoms with Crippen LogP contribution in [-0.4, -0.2) is 88.1 Å². The summed E-state index contributed by atoms with van der Waals surface area (Å²) in [5.74, 6) is -3.77. The maximum Gasteiger partial charge on any atom is 0.312 e. The van der Waals surface area contributed by atoms with Gasteiger partial charge in [0.15, 0.2) is 0 Å². The van der Waals surface area contributed by atoms with Crippen LogP contribution in [0.4, 0.5) is 5.69 Å². The van der Waals surface area contributed by atoms with Gasteiger partial charge in [-0.15, -0.1) is 13.2 Å². The maximum absolute atomic E-state index is 14.9. The molecular weight excluding hydrogens is 702 g/mol. The maximum atomic E-state index is 14.9. The second kappa shape index (κ2) is 15.4. The number of anilines is 1. The number of esters is 1. The first-order chi connectivity index (χ1) is 23.1. The van der Waals surface area contributed by atoms with Crippen LogP contribution in [-0.2, 0) is 35.1 Å². The topological polar surface area (TPSA) is 125 Å². The highest BCUT2D eigenvalue weighted by Gasteiger charge is 2.77. The monoisotopic (exact) mass is 741 g/mol. The molecule has 2 aromatic carbocycles. The minimum atomic E-state index is -1.38. The van der Waals surface area contributed by atoms with Crippen LogP contribution >= 0.6 is 27.5 Å². The molecule has 256 valence electrons. The van der Waals surface area contributed by atoms with E-state index in [1.807, 2.05) is 30.3 Å². The number of nitrogens with one attached hydrogen (secondary N) is 1. The van der Waals surface area contributed by atoms with Gasteiger partial charge in [-0.1, -0.05) is 70.0 Å². The first-order valence-corrected chi connectivity index (χ1v) is 17.4. The number of alkyl halides is 1. The minimum absolute atomic E-state index is 0.0932. The Bertz CT molecular complexity index is 1530. The molecule has 5 rings (SSSR count). The van der Waals surface area contributed by atoms with Gasteiger partial charge in [-0.25, -0.2) is 0 Å². The molecule has 1 spiro atoms. The molecule has 0 saturated carbocycles. The Morgan fingerprint density at radius 3 is 2.54 bits per heavy atom. The van der Waals surface area contributed by atoms with E-state index >= 15 is 0 Å². The van der Waals surface area contributed by atoms with Crippen molar-refractivity contribution in [3.05, 3.63) is 90.5 Å². The lowest BCUT2D eigenvalue weighted by Gasteiger charge is -2.39. The molecule has 1 unspecified atom stereocenters. The summed E-state index contributed by atoms with van der Waals surface area (Å²) in [4.78, 5) is 58.2. The third-order valence-corrected chi connectivity index (χ3v) is 10.4. The van der Waals surface area contributed by atoms with Gasteiger partial charge in [-0.05, 0) is 56.0 Å². The van der Waals surface area contributed by atoms with Crippen molar-refractivity contribution in [2.24, 2.45) is 11.8 Å². The molecule has 3 fully saturated rings. The number of ether oxygens (including phenoxy) is 2. The number of fused-ring (bicyclic) bond motifs is 1. The summed E-state index contributed by atoms with van der Waals surface area (Å²) in [5, 5.41) is 14.0. The quantitative estimate of drug-likeness (QED) is 0.159. The van der Waals surface area contributed by atoms with Crippen molar-refractivity contribution in [3.8, 4) is 0 Å². The summed E-state index contributed by atoms with van der Waals surface area (Å²) in [6.07, 6.45) is 3.18. The molecule has 12 heteroatoms. The Kier molecular flexibility index (Phi) is 11.5. The highest BCUT2D eigenvalue weighted by molar-refractivity contribution is 9.09. The Morgan fingerprint density at radius 2 is 1.90 bits per heavy atom. The molecule has 2 bridgehead atoms. The van der Waals surface area contributed by atoms with Crippen LogP contribution in [0.5, 0.6) is 0 Å². The van der Waals surface area contributed by atoms with Crippen LogP contribution in [0.3, 0.4) is 0 Å². The highest BCUT2D eigenvalue weighted by atomic mass is 79.9. The summed E-state index contributed by atoms with van der Waals surface area (Å²) >= 11 is 9.85. The van der Waals surface area contributed by atoms with E-state index in [9.17, 15) is 24.3 Å². The number of rotatable bonds is 15. The normalized spacial score (nSPS) is 26.8.